The Balaban J connectivity index is 2.26. The second kappa shape index (κ2) is 6.82. The fourth-order valence-electron chi connectivity index (χ4n) is 2.47. The summed E-state index contributed by atoms with van der Waals surface area (Å²) < 4.78 is 18.7. The first-order valence-electron chi connectivity index (χ1n) is 7.52. The summed E-state index contributed by atoms with van der Waals surface area (Å²) in [6.45, 7) is 6.17. The predicted molar refractivity (Wildman–Crippen MR) is 89.1 cm³/mol. The third-order valence-corrected chi connectivity index (χ3v) is 3.69. The maximum absolute atomic E-state index is 13.8. The molecule has 2 aromatic carbocycles. The van der Waals surface area contributed by atoms with Crippen molar-refractivity contribution in [3.63, 3.8) is 0 Å². The molecule has 0 bridgehead atoms. The number of halogens is 1. The number of carbonyl (C=O) groups is 1. The van der Waals surface area contributed by atoms with E-state index in [0.29, 0.717) is 0 Å². The number of carbonyl (C=O) groups excluding carboxylic acids is 1. The average molecular weight is 315 g/mol. The van der Waals surface area contributed by atoms with Crippen LogP contribution in [0.25, 0.3) is 0 Å². The van der Waals surface area contributed by atoms with Gasteiger partial charge < -0.3 is 10.1 Å². The zero-order chi connectivity index (χ0) is 17.0. The number of methoxy groups -OCH3 is 1. The molecule has 2 rings (SSSR count). The molecular weight excluding hydrogens is 293 g/mol. The van der Waals surface area contributed by atoms with Gasteiger partial charge in [0.05, 0.1) is 13.2 Å². The van der Waals surface area contributed by atoms with E-state index in [9.17, 15) is 9.18 Å². The van der Waals surface area contributed by atoms with Crippen molar-refractivity contribution in [2.45, 2.75) is 26.8 Å². The zero-order valence-electron chi connectivity index (χ0n) is 13.9. The van der Waals surface area contributed by atoms with Crippen molar-refractivity contribution < 1.29 is 13.9 Å². The van der Waals surface area contributed by atoms with Gasteiger partial charge in [-0.1, -0.05) is 51.1 Å². The number of benzene rings is 2. The first-order chi connectivity index (χ1) is 10.8. The molecule has 0 heterocycles. The lowest BCUT2D eigenvalue weighted by Gasteiger charge is -2.32. The topological polar surface area (TPSA) is 38.3 Å². The second-order valence-corrected chi connectivity index (χ2v) is 6.53. The Bertz CT molecular complexity index is 678. The molecule has 1 atom stereocenters. The molecule has 0 saturated carbocycles. The van der Waals surface area contributed by atoms with Gasteiger partial charge in [-0.25, -0.2) is 4.39 Å². The highest BCUT2D eigenvalue weighted by Crippen LogP contribution is 2.33. The molecule has 4 heteroatoms. The van der Waals surface area contributed by atoms with E-state index in [1.165, 1.54) is 19.2 Å². The number of hydrogen-bond acceptors (Lipinski definition) is 2. The van der Waals surface area contributed by atoms with E-state index in [1.54, 1.807) is 6.07 Å². The molecule has 0 radical (unpaired) electrons. The minimum absolute atomic E-state index is 0.122. The molecule has 3 nitrogen and oxygen atoms in total. The highest BCUT2D eigenvalue weighted by Gasteiger charge is 2.28. The van der Waals surface area contributed by atoms with Gasteiger partial charge in [0.25, 0.3) is 5.91 Å². The molecule has 0 aliphatic carbocycles. The maximum atomic E-state index is 13.8. The highest BCUT2D eigenvalue weighted by molar-refractivity contribution is 5.94. The SMILES string of the molecule is COc1ccc(C(=O)NC(c2ccccc2)C(C)(C)C)cc1F. The summed E-state index contributed by atoms with van der Waals surface area (Å²) in [4.78, 5) is 12.5. The highest BCUT2D eigenvalue weighted by atomic mass is 19.1. The van der Waals surface area contributed by atoms with Crippen molar-refractivity contribution in [3.05, 3.63) is 65.5 Å². The Morgan fingerprint density at radius 1 is 1.13 bits per heavy atom. The number of hydrogen-bond donors (Lipinski definition) is 1. The number of ether oxygens (including phenoxy) is 1. The van der Waals surface area contributed by atoms with E-state index < -0.39 is 5.82 Å². The van der Waals surface area contributed by atoms with Crippen molar-refractivity contribution in [1.82, 2.24) is 5.32 Å². The van der Waals surface area contributed by atoms with Gasteiger partial charge in [0.2, 0.25) is 0 Å². The lowest BCUT2D eigenvalue weighted by molar-refractivity contribution is 0.0901. The fourth-order valence-corrected chi connectivity index (χ4v) is 2.47. The van der Waals surface area contributed by atoms with Gasteiger partial charge in [0.15, 0.2) is 11.6 Å². The summed E-state index contributed by atoms with van der Waals surface area (Å²) >= 11 is 0. The minimum atomic E-state index is -0.549. The largest absolute Gasteiger partial charge is 0.494 e. The normalized spacial score (nSPS) is 12.6. The van der Waals surface area contributed by atoms with Gasteiger partial charge in [0, 0.05) is 5.56 Å². The molecule has 0 saturated heterocycles. The zero-order valence-corrected chi connectivity index (χ0v) is 13.9. The number of nitrogens with one attached hydrogen (secondary N) is 1. The smallest absolute Gasteiger partial charge is 0.251 e. The third-order valence-electron chi connectivity index (χ3n) is 3.69. The molecule has 0 fully saturated rings. The molecule has 0 spiro atoms. The molecule has 2 aromatic rings. The van der Waals surface area contributed by atoms with Crippen molar-refractivity contribution in [2.75, 3.05) is 7.11 Å². The van der Waals surface area contributed by atoms with Crippen molar-refractivity contribution in [2.24, 2.45) is 5.41 Å². The van der Waals surface area contributed by atoms with Crippen molar-refractivity contribution >= 4 is 5.91 Å². The van der Waals surface area contributed by atoms with Gasteiger partial charge in [-0.2, -0.15) is 0 Å². The van der Waals surface area contributed by atoms with E-state index in [4.69, 9.17) is 4.74 Å². The second-order valence-electron chi connectivity index (χ2n) is 6.53. The van der Waals surface area contributed by atoms with E-state index in [2.05, 4.69) is 26.1 Å². The van der Waals surface area contributed by atoms with Crippen LogP contribution in [-0.4, -0.2) is 13.0 Å². The van der Waals surface area contributed by atoms with Crippen LogP contribution in [0.15, 0.2) is 48.5 Å². The molecule has 1 unspecified atom stereocenters. The van der Waals surface area contributed by atoms with Gasteiger partial charge in [-0.05, 0) is 29.2 Å². The van der Waals surface area contributed by atoms with E-state index >= 15 is 0 Å². The Morgan fingerprint density at radius 2 is 1.78 bits per heavy atom. The first kappa shape index (κ1) is 17.0. The minimum Gasteiger partial charge on any atom is -0.494 e. The van der Waals surface area contributed by atoms with Crippen LogP contribution in [0.4, 0.5) is 4.39 Å². The van der Waals surface area contributed by atoms with Crippen LogP contribution in [0.2, 0.25) is 0 Å². The molecule has 23 heavy (non-hydrogen) atoms. The van der Waals surface area contributed by atoms with Gasteiger partial charge in [0.1, 0.15) is 0 Å². The Hall–Kier alpha value is -2.36. The Labute approximate surface area is 136 Å². The summed E-state index contributed by atoms with van der Waals surface area (Å²) in [6.07, 6.45) is 0. The summed E-state index contributed by atoms with van der Waals surface area (Å²) in [6, 6.07) is 13.8. The Morgan fingerprint density at radius 3 is 2.30 bits per heavy atom. The van der Waals surface area contributed by atoms with E-state index in [1.807, 2.05) is 30.3 Å². The van der Waals surface area contributed by atoms with Crippen LogP contribution in [0.1, 0.15) is 42.7 Å². The lowest BCUT2D eigenvalue weighted by atomic mass is 9.82. The fraction of sp³-hybridized carbons (Fsp3) is 0.316. The average Bonchev–Trinajstić information content (AvgIpc) is 2.52. The number of rotatable bonds is 4. The standard InChI is InChI=1S/C19H22FNO2/c1-19(2,3)17(13-8-6-5-7-9-13)21-18(22)14-10-11-16(23-4)15(20)12-14/h5-12,17H,1-4H3,(H,21,22). The van der Waals surface area contributed by atoms with Crippen LogP contribution in [-0.2, 0) is 0 Å². The molecule has 1 amide bonds. The first-order valence-corrected chi connectivity index (χ1v) is 7.52. The quantitative estimate of drug-likeness (QED) is 0.911. The third kappa shape index (κ3) is 4.09. The summed E-state index contributed by atoms with van der Waals surface area (Å²) in [7, 11) is 1.39. The van der Waals surface area contributed by atoms with Crippen LogP contribution in [0.3, 0.4) is 0 Å². The van der Waals surface area contributed by atoms with Gasteiger partial charge >= 0.3 is 0 Å². The van der Waals surface area contributed by atoms with Crippen molar-refractivity contribution in [1.29, 1.82) is 0 Å². The predicted octanol–water partition coefficient (Wildman–Crippen LogP) is 4.35. The molecule has 122 valence electrons. The van der Waals surface area contributed by atoms with Crippen molar-refractivity contribution in [3.8, 4) is 5.75 Å². The maximum Gasteiger partial charge on any atom is 0.251 e. The number of amides is 1. The lowest BCUT2D eigenvalue weighted by Crippen LogP contribution is -2.36. The molecule has 1 N–H and O–H groups in total. The molecule has 0 aliphatic heterocycles. The van der Waals surface area contributed by atoms with Gasteiger partial charge in [-0.3, -0.25) is 4.79 Å². The van der Waals surface area contributed by atoms with E-state index in [-0.39, 0.29) is 28.7 Å². The summed E-state index contributed by atoms with van der Waals surface area (Å²) in [5, 5.41) is 3.01. The molecule has 0 aliphatic rings. The monoisotopic (exact) mass is 315 g/mol. The van der Waals surface area contributed by atoms with Crippen LogP contribution in [0, 0.1) is 11.2 Å². The molecular formula is C19H22FNO2. The summed E-state index contributed by atoms with van der Waals surface area (Å²) in [5.74, 6) is -0.737. The van der Waals surface area contributed by atoms with Crippen LogP contribution >= 0.6 is 0 Å². The van der Waals surface area contributed by atoms with Crippen LogP contribution in [0.5, 0.6) is 5.75 Å². The Kier molecular flexibility index (Phi) is 5.04. The molecule has 0 aromatic heterocycles. The van der Waals surface area contributed by atoms with E-state index in [0.717, 1.165) is 5.56 Å². The summed E-state index contributed by atoms with van der Waals surface area (Å²) in [5.41, 5.74) is 1.11. The van der Waals surface area contributed by atoms with Gasteiger partial charge in [-0.15, -0.1) is 0 Å². The van der Waals surface area contributed by atoms with Crippen LogP contribution < -0.4 is 10.1 Å².